The Morgan fingerprint density at radius 3 is 2.26 bits per heavy atom. The molecule has 202 valence electrons. The van der Waals surface area contributed by atoms with Gasteiger partial charge in [0.2, 0.25) is 5.95 Å². The van der Waals surface area contributed by atoms with Crippen LogP contribution in [0.5, 0.6) is 5.75 Å². The lowest BCUT2D eigenvalue weighted by molar-refractivity contribution is -0.385. The molecule has 0 saturated carbocycles. The smallest absolute Gasteiger partial charge is 0.355 e. The topological polar surface area (TPSA) is 121 Å². The van der Waals surface area contributed by atoms with Crippen LogP contribution in [0.15, 0.2) is 76.3 Å². The van der Waals surface area contributed by atoms with E-state index in [1.165, 1.54) is 34.9 Å². The number of nitro benzene ring substituents is 1. The van der Waals surface area contributed by atoms with Gasteiger partial charge in [0, 0.05) is 18.2 Å². The fourth-order valence-electron chi connectivity index (χ4n) is 4.20. The zero-order valence-corrected chi connectivity index (χ0v) is 21.6. The number of hydrogen-bond donors (Lipinski definition) is 1. The minimum absolute atomic E-state index is 0.0542. The van der Waals surface area contributed by atoms with Gasteiger partial charge in [-0.05, 0) is 61.2 Å². The monoisotopic (exact) mass is 533 g/mol. The van der Waals surface area contributed by atoms with Gasteiger partial charge in [-0.25, -0.2) is 18.5 Å². The Kier molecular flexibility index (Phi) is 8.50. The first-order valence-corrected chi connectivity index (χ1v) is 12.3. The highest BCUT2D eigenvalue weighted by Gasteiger charge is 2.16. The Balaban J connectivity index is 1.60. The fourth-order valence-corrected chi connectivity index (χ4v) is 4.20. The average molecular weight is 534 g/mol. The maximum Gasteiger partial charge on any atom is 0.355 e. The quantitative estimate of drug-likeness (QED) is 0.176. The van der Waals surface area contributed by atoms with Gasteiger partial charge in [0.1, 0.15) is 11.6 Å². The molecule has 1 N–H and O–H groups in total. The number of anilines is 1. The second kappa shape index (κ2) is 12.2. The molecular formula is C28H28FN5O5. The number of aryl methyl sites for hydroxylation is 2. The van der Waals surface area contributed by atoms with E-state index in [9.17, 15) is 24.1 Å². The number of halogens is 1. The largest absolute Gasteiger partial charge is 0.497 e. The number of methoxy groups -OCH3 is 1. The van der Waals surface area contributed by atoms with E-state index in [1.807, 2.05) is 6.92 Å². The molecule has 0 atom stereocenters. The van der Waals surface area contributed by atoms with Gasteiger partial charge in [-0.1, -0.05) is 35.9 Å². The molecule has 0 saturated heterocycles. The molecule has 1 aromatic heterocycles. The van der Waals surface area contributed by atoms with E-state index < -0.39 is 22.1 Å². The van der Waals surface area contributed by atoms with Crippen molar-refractivity contribution < 1.29 is 14.1 Å². The van der Waals surface area contributed by atoms with E-state index in [0.29, 0.717) is 36.3 Å². The highest BCUT2D eigenvalue weighted by molar-refractivity contribution is 5.42. The first-order chi connectivity index (χ1) is 18.7. The molecule has 0 radical (unpaired) electrons. The lowest BCUT2D eigenvalue weighted by Crippen LogP contribution is -2.43. The normalized spacial score (nSPS) is 10.8. The number of aromatic nitrogens is 3. The van der Waals surface area contributed by atoms with Crippen molar-refractivity contribution in [3.63, 3.8) is 0 Å². The molecule has 4 aromatic rings. The summed E-state index contributed by atoms with van der Waals surface area (Å²) in [6.45, 7) is 2.26. The van der Waals surface area contributed by atoms with Crippen molar-refractivity contribution in [1.82, 2.24) is 14.1 Å². The summed E-state index contributed by atoms with van der Waals surface area (Å²) in [7, 11) is 1.56. The van der Waals surface area contributed by atoms with Crippen molar-refractivity contribution in [1.29, 1.82) is 0 Å². The SMILES string of the molecule is COc1ccc(Cn2c(NCCCc3cc(C)ccc3[N+](=O)[O-])nc(=O)n(Cc3ccc(F)cc3)c2=O)cc1. The number of rotatable bonds is 11. The lowest BCUT2D eigenvalue weighted by atomic mass is 10.0. The molecule has 4 rings (SSSR count). The molecular weight excluding hydrogens is 505 g/mol. The zero-order chi connectivity index (χ0) is 27.9. The molecule has 1 heterocycles. The molecule has 0 fully saturated rings. The summed E-state index contributed by atoms with van der Waals surface area (Å²) in [5.74, 6) is 0.334. The van der Waals surface area contributed by atoms with Gasteiger partial charge in [0.05, 0.1) is 25.1 Å². The van der Waals surface area contributed by atoms with Crippen LogP contribution in [0.2, 0.25) is 0 Å². The number of nitrogens with zero attached hydrogens (tertiary/aromatic N) is 4. The Hall–Kier alpha value is -4.80. The molecule has 39 heavy (non-hydrogen) atoms. The Morgan fingerprint density at radius 2 is 1.62 bits per heavy atom. The van der Waals surface area contributed by atoms with Crippen molar-refractivity contribution in [3.05, 3.63) is 126 Å². The van der Waals surface area contributed by atoms with Crippen LogP contribution in [0.25, 0.3) is 0 Å². The van der Waals surface area contributed by atoms with E-state index >= 15 is 0 Å². The van der Waals surface area contributed by atoms with E-state index in [0.717, 1.165) is 15.7 Å². The summed E-state index contributed by atoms with van der Waals surface area (Å²) in [6.07, 6.45) is 0.927. The third-order valence-electron chi connectivity index (χ3n) is 6.24. The Labute approximate surface area is 223 Å². The van der Waals surface area contributed by atoms with Crippen LogP contribution < -0.4 is 21.4 Å². The van der Waals surface area contributed by atoms with Gasteiger partial charge in [-0.2, -0.15) is 4.98 Å². The van der Waals surface area contributed by atoms with Gasteiger partial charge < -0.3 is 10.1 Å². The van der Waals surface area contributed by atoms with Crippen molar-refractivity contribution in [2.24, 2.45) is 0 Å². The van der Waals surface area contributed by atoms with Crippen LogP contribution >= 0.6 is 0 Å². The maximum atomic E-state index is 13.5. The molecule has 0 bridgehead atoms. The van der Waals surface area contributed by atoms with Crippen molar-refractivity contribution in [2.45, 2.75) is 32.9 Å². The van der Waals surface area contributed by atoms with Crippen LogP contribution in [-0.2, 0) is 19.5 Å². The van der Waals surface area contributed by atoms with Gasteiger partial charge in [0.25, 0.3) is 5.69 Å². The van der Waals surface area contributed by atoms with Gasteiger partial charge in [0.15, 0.2) is 0 Å². The number of ether oxygens (including phenoxy) is 1. The molecule has 10 nitrogen and oxygen atoms in total. The van der Waals surface area contributed by atoms with Crippen molar-refractivity contribution in [3.8, 4) is 5.75 Å². The van der Waals surface area contributed by atoms with Gasteiger partial charge in [-0.15, -0.1) is 0 Å². The number of nitro groups is 1. The van der Waals surface area contributed by atoms with Crippen molar-refractivity contribution in [2.75, 3.05) is 19.0 Å². The van der Waals surface area contributed by atoms with Crippen LogP contribution in [-0.4, -0.2) is 32.7 Å². The fraction of sp³-hybridized carbons (Fsp3) is 0.250. The highest BCUT2D eigenvalue weighted by atomic mass is 19.1. The lowest BCUT2D eigenvalue weighted by Gasteiger charge is -2.16. The van der Waals surface area contributed by atoms with E-state index in [1.54, 1.807) is 43.5 Å². The molecule has 0 aliphatic heterocycles. The Morgan fingerprint density at radius 1 is 0.974 bits per heavy atom. The predicted octanol–water partition coefficient (Wildman–Crippen LogP) is 3.91. The standard InChI is InChI=1S/C28H28FN5O5/c1-19-5-14-25(34(37)38)22(16-19)4-3-15-30-26-31-27(35)33(18-20-6-10-23(29)11-7-20)28(36)32(26)17-21-8-12-24(39-2)13-9-21/h5-14,16H,3-4,15,17-18H2,1-2H3,(H,30,31,35). The molecule has 11 heteroatoms. The average Bonchev–Trinajstić information content (AvgIpc) is 2.92. The third kappa shape index (κ3) is 6.75. The van der Waals surface area contributed by atoms with Gasteiger partial charge >= 0.3 is 11.4 Å². The van der Waals surface area contributed by atoms with Crippen molar-refractivity contribution >= 4 is 11.6 Å². The maximum absolute atomic E-state index is 13.5. The second-order valence-electron chi connectivity index (χ2n) is 9.07. The van der Waals surface area contributed by atoms with Crippen LogP contribution in [0.1, 0.15) is 28.7 Å². The summed E-state index contributed by atoms with van der Waals surface area (Å²) >= 11 is 0. The summed E-state index contributed by atoms with van der Waals surface area (Å²) in [5, 5.41) is 14.4. The summed E-state index contributed by atoms with van der Waals surface area (Å²) < 4.78 is 20.9. The van der Waals surface area contributed by atoms with E-state index in [-0.39, 0.29) is 24.7 Å². The molecule has 0 unspecified atom stereocenters. The first-order valence-electron chi connectivity index (χ1n) is 12.3. The van der Waals surface area contributed by atoms with Crippen LogP contribution in [0, 0.1) is 22.9 Å². The molecule has 3 aromatic carbocycles. The zero-order valence-electron chi connectivity index (χ0n) is 21.6. The minimum atomic E-state index is -0.743. The van der Waals surface area contributed by atoms with E-state index in [4.69, 9.17) is 4.74 Å². The molecule has 0 spiro atoms. The number of nitrogens with one attached hydrogen (secondary N) is 1. The summed E-state index contributed by atoms with van der Waals surface area (Å²) in [4.78, 5) is 41.5. The first kappa shape index (κ1) is 27.2. The van der Waals surface area contributed by atoms with Gasteiger partial charge in [-0.3, -0.25) is 14.7 Å². The number of benzene rings is 3. The number of hydrogen-bond acceptors (Lipinski definition) is 7. The molecule has 0 aliphatic rings. The van der Waals surface area contributed by atoms with E-state index in [2.05, 4.69) is 10.3 Å². The second-order valence-corrected chi connectivity index (χ2v) is 9.07. The summed E-state index contributed by atoms with van der Waals surface area (Å²) in [6, 6.07) is 17.7. The molecule has 0 aliphatic carbocycles. The highest BCUT2D eigenvalue weighted by Crippen LogP contribution is 2.21. The third-order valence-corrected chi connectivity index (χ3v) is 6.24. The summed E-state index contributed by atoms with van der Waals surface area (Å²) in [5.41, 5.74) is 1.63. The minimum Gasteiger partial charge on any atom is -0.497 e. The van der Waals surface area contributed by atoms with Crippen LogP contribution in [0.4, 0.5) is 16.0 Å². The Bertz CT molecular complexity index is 1580. The van der Waals surface area contributed by atoms with Crippen LogP contribution in [0.3, 0.4) is 0 Å². The molecule has 0 amide bonds. The predicted molar refractivity (Wildman–Crippen MR) is 145 cm³/mol.